The first-order valence-corrected chi connectivity index (χ1v) is 24.6. The fourth-order valence-electron chi connectivity index (χ4n) is 9.16. The summed E-state index contributed by atoms with van der Waals surface area (Å²) >= 11 is 14.8. The smallest absolute Gasteiger partial charge is 0.393 e. The van der Waals surface area contributed by atoms with Gasteiger partial charge in [0.2, 0.25) is 11.8 Å². The minimum absolute atomic E-state index is 0.0391. The zero-order chi connectivity index (χ0) is 52.2. The minimum atomic E-state index is -4.90. The van der Waals surface area contributed by atoms with E-state index in [1.807, 2.05) is 41.3 Å². The summed E-state index contributed by atoms with van der Waals surface area (Å²) in [6, 6.07) is 17.9. The molecule has 2 saturated heterocycles. The molecule has 71 heavy (non-hydrogen) atoms. The van der Waals surface area contributed by atoms with E-state index in [0.717, 1.165) is 49.7 Å². The highest BCUT2D eigenvalue weighted by molar-refractivity contribution is 9.08. The lowest BCUT2D eigenvalue weighted by molar-refractivity contribution is -0.145. The molecule has 2 amide bonds. The second-order valence-electron chi connectivity index (χ2n) is 18.2. The van der Waals surface area contributed by atoms with Crippen molar-refractivity contribution in [3.63, 3.8) is 0 Å². The van der Waals surface area contributed by atoms with Crippen LogP contribution < -0.4 is 0 Å². The molecule has 4 aromatic rings. The third-order valence-electron chi connectivity index (χ3n) is 13.4. The van der Waals surface area contributed by atoms with Crippen LogP contribution in [-0.2, 0) is 61.8 Å². The Hall–Kier alpha value is -4.04. The van der Waals surface area contributed by atoms with Crippen LogP contribution in [0.1, 0.15) is 109 Å². The van der Waals surface area contributed by atoms with Gasteiger partial charge in [-0.1, -0.05) is 76.2 Å². The molecule has 0 unspecified atom stereocenters. The number of carbonyl (C=O) groups is 2. The molecule has 388 valence electrons. The SMILES string of the molecule is FC(F)(F)c1cc(CBr)cc(C(F)(F)F)c1.O=C(N1CCC(O)CC1)C1(c2ccc(Cl)cc2)CCC1.O=C(N1CCC(OCc2cc(C(F)(F)F)cc(C(F)(F)F)c2)CC1)C1(c2ccc(Cl)cc2)CCC1. The Bertz CT molecular complexity index is 2380. The summed E-state index contributed by atoms with van der Waals surface area (Å²) in [5.74, 6) is 0.273. The average molecular weight is 1120 g/mol. The minimum Gasteiger partial charge on any atom is -0.393 e. The molecule has 21 heteroatoms. The predicted octanol–water partition coefficient (Wildman–Crippen LogP) is 14.4. The van der Waals surface area contributed by atoms with Gasteiger partial charge in [0.25, 0.3) is 0 Å². The molecule has 4 aliphatic rings. The lowest BCUT2D eigenvalue weighted by Gasteiger charge is -2.45. The molecule has 6 nitrogen and oxygen atoms in total. The summed E-state index contributed by atoms with van der Waals surface area (Å²) in [7, 11) is 0. The summed E-state index contributed by atoms with van der Waals surface area (Å²) < 4.78 is 158. The predicted molar refractivity (Wildman–Crippen MR) is 246 cm³/mol. The molecule has 2 aliphatic carbocycles. The fourth-order valence-corrected chi connectivity index (χ4v) is 9.74. The van der Waals surface area contributed by atoms with Gasteiger partial charge >= 0.3 is 24.7 Å². The number of halogens is 15. The number of rotatable bonds is 8. The number of nitrogens with zero attached hydrogens (tertiary/aromatic N) is 2. The quantitative estimate of drug-likeness (QED) is 0.141. The first kappa shape index (κ1) is 56.3. The lowest BCUT2D eigenvalue weighted by atomic mass is 9.63. The van der Waals surface area contributed by atoms with Crippen molar-refractivity contribution in [2.75, 3.05) is 26.2 Å². The van der Waals surface area contributed by atoms with Gasteiger partial charge in [-0.2, -0.15) is 52.7 Å². The van der Waals surface area contributed by atoms with Crippen LogP contribution >= 0.6 is 39.1 Å². The largest absolute Gasteiger partial charge is 0.416 e. The van der Waals surface area contributed by atoms with Crippen LogP contribution in [0, 0.1) is 0 Å². The molecule has 0 bridgehead atoms. The molecule has 0 atom stereocenters. The van der Waals surface area contributed by atoms with Crippen LogP contribution in [-0.4, -0.2) is 65.1 Å². The summed E-state index contributed by atoms with van der Waals surface area (Å²) in [6.45, 7) is 1.80. The molecule has 0 spiro atoms. The van der Waals surface area contributed by atoms with Crippen molar-refractivity contribution in [3.8, 4) is 0 Å². The van der Waals surface area contributed by atoms with E-state index in [1.165, 1.54) is 0 Å². The van der Waals surface area contributed by atoms with Crippen LogP contribution in [0.5, 0.6) is 0 Å². The Morgan fingerprint density at radius 2 is 0.873 bits per heavy atom. The van der Waals surface area contributed by atoms with Gasteiger partial charge in [0.05, 0.1) is 51.9 Å². The maximum Gasteiger partial charge on any atom is 0.416 e. The highest BCUT2D eigenvalue weighted by atomic mass is 79.9. The number of benzene rings is 4. The number of aliphatic hydroxyl groups is 1. The van der Waals surface area contributed by atoms with Gasteiger partial charge in [-0.25, -0.2) is 0 Å². The summed E-state index contributed by atoms with van der Waals surface area (Å²) in [4.78, 5) is 30.0. The average Bonchev–Trinajstić information content (AvgIpc) is 3.28. The second-order valence-corrected chi connectivity index (χ2v) is 19.6. The van der Waals surface area contributed by atoms with Gasteiger partial charge in [0.15, 0.2) is 0 Å². The van der Waals surface area contributed by atoms with Gasteiger partial charge in [-0.15, -0.1) is 0 Å². The Morgan fingerprint density at radius 3 is 1.17 bits per heavy atom. The van der Waals surface area contributed by atoms with Crippen LogP contribution in [0.25, 0.3) is 0 Å². The molecule has 4 fully saturated rings. The topological polar surface area (TPSA) is 70.1 Å². The maximum atomic E-state index is 13.4. The number of hydrogen-bond donors (Lipinski definition) is 1. The number of alkyl halides is 13. The molecule has 2 aliphatic heterocycles. The Kier molecular flexibility index (Phi) is 17.9. The number of piperidine rings is 2. The summed E-state index contributed by atoms with van der Waals surface area (Å²) in [5, 5.41) is 10.8. The Balaban J connectivity index is 0.000000193. The highest BCUT2D eigenvalue weighted by Gasteiger charge is 2.49. The van der Waals surface area contributed by atoms with Gasteiger partial charge in [0.1, 0.15) is 0 Å². The van der Waals surface area contributed by atoms with Gasteiger partial charge in [-0.3, -0.25) is 9.59 Å². The zero-order valence-electron chi connectivity index (χ0n) is 37.8. The van der Waals surface area contributed by atoms with E-state index in [4.69, 9.17) is 27.9 Å². The lowest BCUT2D eigenvalue weighted by Crippen LogP contribution is -2.53. The van der Waals surface area contributed by atoms with Gasteiger partial charge in [-0.05, 0) is 134 Å². The molecule has 0 aromatic heterocycles. The molecule has 1 N–H and O–H groups in total. The number of amides is 2. The first-order chi connectivity index (χ1) is 33.1. The number of hydrogen-bond acceptors (Lipinski definition) is 4. The third-order valence-corrected chi connectivity index (χ3v) is 14.6. The first-order valence-electron chi connectivity index (χ1n) is 22.7. The van der Waals surface area contributed by atoms with E-state index in [9.17, 15) is 67.4 Å². The van der Waals surface area contributed by atoms with Crippen molar-refractivity contribution in [1.29, 1.82) is 0 Å². The van der Waals surface area contributed by atoms with Crippen molar-refractivity contribution < 1.29 is 72.1 Å². The van der Waals surface area contributed by atoms with Crippen LogP contribution in [0.15, 0.2) is 84.9 Å². The van der Waals surface area contributed by atoms with E-state index in [2.05, 4.69) is 15.9 Å². The molecule has 2 heterocycles. The van der Waals surface area contributed by atoms with Crippen molar-refractivity contribution in [2.24, 2.45) is 0 Å². The van der Waals surface area contributed by atoms with Crippen LogP contribution in [0.2, 0.25) is 10.0 Å². The van der Waals surface area contributed by atoms with E-state index in [0.29, 0.717) is 86.2 Å². The fraction of sp³-hybridized carbons (Fsp3) is 0.480. The van der Waals surface area contributed by atoms with Crippen molar-refractivity contribution in [3.05, 3.63) is 139 Å². The second kappa shape index (κ2) is 22.6. The van der Waals surface area contributed by atoms with E-state index < -0.39 is 52.4 Å². The maximum absolute atomic E-state index is 13.4. The standard InChI is InChI=1S/C25H24ClF6NO2.C16H20ClNO2.C9H5BrF6/c26-20-4-2-17(3-5-20)23(8-1-9-23)22(34)33-10-6-21(7-11-33)35-15-16-12-18(24(27,28)29)14-19(13-16)25(30,31)32;17-13-4-2-12(3-5-13)16(8-1-9-16)15(20)18-10-6-14(19)7-11-18;10-4-5-1-6(8(11,12)13)3-7(2-5)9(14,15)16/h2-5,12-14,21H,1,6-11,15H2;2-5,14,19H,1,6-11H2;1-3H,4H2. The van der Waals surface area contributed by atoms with E-state index in [-0.39, 0.29) is 64.6 Å². The molecule has 4 aromatic carbocycles. The van der Waals surface area contributed by atoms with Crippen LogP contribution in [0.4, 0.5) is 52.7 Å². The molecule has 8 rings (SSSR count). The van der Waals surface area contributed by atoms with Gasteiger partial charge in [0, 0.05) is 41.6 Å². The summed E-state index contributed by atoms with van der Waals surface area (Å²) in [5.41, 5.74) is -4.46. The number of carbonyl (C=O) groups excluding carboxylic acids is 2. The molecular weight excluding hydrogens is 1070 g/mol. The van der Waals surface area contributed by atoms with Crippen molar-refractivity contribution >= 4 is 50.9 Å². The Morgan fingerprint density at radius 1 is 0.549 bits per heavy atom. The van der Waals surface area contributed by atoms with Crippen molar-refractivity contribution in [2.45, 2.75) is 124 Å². The monoisotopic (exact) mass is 1120 g/mol. The molecular formula is C50H49BrCl2F12N2O4. The van der Waals surface area contributed by atoms with Crippen LogP contribution in [0.3, 0.4) is 0 Å². The normalized spacial score (nSPS) is 18.5. The highest BCUT2D eigenvalue weighted by Crippen LogP contribution is 2.47. The number of likely N-dealkylation sites (tertiary alicyclic amines) is 2. The van der Waals surface area contributed by atoms with E-state index >= 15 is 0 Å². The number of ether oxygens (including phenoxy) is 1. The Labute approximate surface area is 420 Å². The molecule has 0 radical (unpaired) electrons. The third kappa shape index (κ3) is 14.0. The zero-order valence-corrected chi connectivity index (χ0v) is 40.9. The molecule has 2 saturated carbocycles. The van der Waals surface area contributed by atoms with E-state index in [1.54, 1.807) is 17.0 Å². The number of aliphatic hydroxyl groups excluding tert-OH is 1. The summed E-state index contributed by atoms with van der Waals surface area (Å²) in [6.07, 6.45) is -12.3. The van der Waals surface area contributed by atoms with Crippen molar-refractivity contribution in [1.82, 2.24) is 9.80 Å². The van der Waals surface area contributed by atoms with Gasteiger partial charge < -0.3 is 19.6 Å².